The molecular weight excluding hydrogens is 288 g/mol. The summed E-state index contributed by atoms with van der Waals surface area (Å²) in [4.78, 5) is 11.1. The molecule has 0 aliphatic heterocycles. The van der Waals surface area contributed by atoms with Gasteiger partial charge in [-0.25, -0.2) is 13.5 Å². The molecule has 5 nitrogen and oxygen atoms in total. The molecule has 2 rings (SSSR count). The summed E-state index contributed by atoms with van der Waals surface area (Å²) >= 11 is 0. The van der Waals surface area contributed by atoms with Gasteiger partial charge in [0.25, 0.3) is 5.56 Å². The van der Waals surface area contributed by atoms with Gasteiger partial charge >= 0.3 is 0 Å². The minimum absolute atomic E-state index is 0.0956. The van der Waals surface area contributed by atoms with E-state index in [0.717, 1.165) is 5.56 Å². The first-order valence-corrected chi connectivity index (χ1v) is 7.84. The molecule has 21 heavy (non-hydrogen) atoms. The zero-order valence-electron chi connectivity index (χ0n) is 11.2. The maximum atomic E-state index is 11.9. The van der Waals surface area contributed by atoms with Crippen molar-refractivity contribution in [2.24, 2.45) is 0 Å². The van der Waals surface area contributed by atoms with E-state index < -0.39 is 9.84 Å². The summed E-state index contributed by atoms with van der Waals surface area (Å²) < 4.78 is 23.9. The Hall–Kier alpha value is -2.47. The van der Waals surface area contributed by atoms with E-state index in [2.05, 4.69) is 16.8 Å². The molecule has 0 aliphatic rings. The number of hydrogen-bond donors (Lipinski definition) is 1. The first kappa shape index (κ1) is 14.9. The topological polar surface area (TPSA) is 79.9 Å². The molecule has 2 aromatic rings. The van der Waals surface area contributed by atoms with Crippen LogP contribution in [0.25, 0.3) is 12.2 Å². The molecule has 1 N–H and O–H groups in total. The van der Waals surface area contributed by atoms with Crippen LogP contribution in [0.15, 0.2) is 58.7 Å². The first-order valence-electron chi connectivity index (χ1n) is 6.19. The number of hydrogen-bond acceptors (Lipinski definition) is 4. The van der Waals surface area contributed by atoms with E-state index in [-0.39, 0.29) is 16.2 Å². The lowest BCUT2D eigenvalue weighted by atomic mass is 10.2. The molecule has 0 unspecified atom stereocenters. The number of aromatic amines is 1. The van der Waals surface area contributed by atoms with Crippen LogP contribution in [0.3, 0.4) is 0 Å². The second kappa shape index (κ2) is 6.32. The largest absolute Gasteiger partial charge is 0.268 e. The van der Waals surface area contributed by atoms with E-state index >= 15 is 0 Å². The second-order valence-corrected chi connectivity index (χ2v) is 6.36. The molecule has 0 spiro atoms. The van der Waals surface area contributed by atoms with Crippen molar-refractivity contribution in [2.75, 3.05) is 5.75 Å². The minimum Gasteiger partial charge on any atom is -0.268 e. The van der Waals surface area contributed by atoms with Gasteiger partial charge in [-0.3, -0.25) is 4.79 Å². The number of sulfone groups is 1. The summed E-state index contributed by atoms with van der Waals surface area (Å²) in [7, 11) is -3.34. The van der Waals surface area contributed by atoms with E-state index in [0.29, 0.717) is 5.69 Å². The molecule has 0 radical (unpaired) electrons. The SMILES string of the molecule is C=CCS(=O)(=O)c1cccc(C=Cc2ccc(=O)[nH]n2)c1. The molecule has 0 atom stereocenters. The fourth-order valence-corrected chi connectivity index (χ4v) is 2.80. The third kappa shape index (κ3) is 4.00. The molecule has 0 bridgehead atoms. The standard InChI is InChI=1S/C15H14N2O3S/c1-2-10-21(19,20)14-5-3-4-12(11-14)6-7-13-8-9-15(18)17-16-13/h2-9,11H,1,10H2,(H,17,18). The van der Waals surface area contributed by atoms with Gasteiger partial charge in [-0.1, -0.05) is 24.3 Å². The van der Waals surface area contributed by atoms with Crippen LogP contribution in [0, 0.1) is 0 Å². The van der Waals surface area contributed by atoms with Crippen LogP contribution in [0.4, 0.5) is 0 Å². The van der Waals surface area contributed by atoms with E-state index in [1.54, 1.807) is 42.5 Å². The van der Waals surface area contributed by atoms with Gasteiger partial charge in [-0.15, -0.1) is 6.58 Å². The lowest BCUT2D eigenvalue weighted by Crippen LogP contribution is -2.05. The van der Waals surface area contributed by atoms with Gasteiger partial charge in [-0.2, -0.15) is 5.10 Å². The van der Waals surface area contributed by atoms with Crippen molar-refractivity contribution < 1.29 is 8.42 Å². The number of nitrogens with one attached hydrogen (secondary N) is 1. The third-order valence-electron chi connectivity index (χ3n) is 2.70. The Kier molecular flexibility index (Phi) is 4.49. The number of aromatic nitrogens is 2. The highest BCUT2D eigenvalue weighted by atomic mass is 32.2. The van der Waals surface area contributed by atoms with Crippen LogP contribution in [-0.2, 0) is 9.84 Å². The van der Waals surface area contributed by atoms with Gasteiger partial charge in [0.15, 0.2) is 9.84 Å². The highest BCUT2D eigenvalue weighted by molar-refractivity contribution is 7.91. The molecule has 0 saturated heterocycles. The molecule has 0 aliphatic carbocycles. The second-order valence-electron chi connectivity index (χ2n) is 4.32. The Morgan fingerprint density at radius 1 is 1.19 bits per heavy atom. The van der Waals surface area contributed by atoms with Crippen molar-refractivity contribution in [3.05, 3.63) is 70.7 Å². The van der Waals surface area contributed by atoms with Crippen LogP contribution >= 0.6 is 0 Å². The maximum absolute atomic E-state index is 11.9. The quantitative estimate of drug-likeness (QED) is 0.855. The summed E-state index contributed by atoms with van der Waals surface area (Å²) in [5, 5.41) is 6.16. The summed E-state index contributed by atoms with van der Waals surface area (Å²) in [5.74, 6) is -0.0956. The van der Waals surface area contributed by atoms with Gasteiger partial charge in [0.05, 0.1) is 16.3 Å². The lowest BCUT2D eigenvalue weighted by Gasteiger charge is -2.02. The average Bonchev–Trinajstić information content (AvgIpc) is 2.47. The Bertz CT molecular complexity index is 815. The Balaban J connectivity index is 2.27. The van der Waals surface area contributed by atoms with Gasteiger partial charge < -0.3 is 0 Å². The zero-order valence-corrected chi connectivity index (χ0v) is 12.0. The van der Waals surface area contributed by atoms with Gasteiger partial charge in [0.1, 0.15) is 0 Å². The molecule has 0 amide bonds. The summed E-state index contributed by atoms with van der Waals surface area (Å²) in [5.41, 5.74) is 1.03. The third-order valence-corrected chi connectivity index (χ3v) is 4.35. The van der Waals surface area contributed by atoms with Gasteiger partial charge in [-0.05, 0) is 29.8 Å². The summed E-state index contributed by atoms with van der Waals surface area (Å²) in [6, 6.07) is 9.55. The van der Waals surface area contributed by atoms with E-state index in [1.165, 1.54) is 12.1 Å². The number of benzene rings is 1. The number of rotatable bonds is 5. The fourth-order valence-electron chi connectivity index (χ4n) is 1.69. The summed E-state index contributed by atoms with van der Waals surface area (Å²) in [6.45, 7) is 3.45. The highest BCUT2D eigenvalue weighted by Crippen LogP contribution is 2.15. The van der Waals surface area contributed by atoms with Crippen LogP contribution in [0.5, 0.6) is 0 Å². The van der Waals surface area contributed by atoms with Crippen molar-refractivity contribution in [1.82, 2.24) is 10.2 Å². The lowest BCUT2D eigenvalue weighted by molar-refractivity contribution is 0.599. The summed E-state index contributed by atoms with van der Waals surface area (Å²) in [6.07, 6.45) is 4.78. The highest BCUT2D eigenvalue weighted by Gasteiger charge is 2.11. The molecule has 1 heterocycles. The van der Waals surface area contributed by atoms with Crippen molar-refractivity contribution in [3.8, 4) is 0 Å². The number of H-pyrrole nitrogens is 1. The van der Waals surface area contributed by atoms with Crippen LogP contribution < -0.4 is 5.56 Å². The molecule has 1 aromatic heterocycles. The van der Waals surface area contributed by atoms with E-state index in [4.69, 9.17) is 0 Å². The average molecular weight is 302 g/mol. The van der Waals surface area contributed by atoms with Gasteiger partial charge in [0.2, 0.25) is 0 Å². The predicted molar refractivity (Wildman–Crippen MR) is 82.5 cm³/mol. The van der Waals surface area contributed by atoms with Crippen LogP contribution in [0.1, 0.15) is 11.3 Å². The normalized spacial score (nSPS) is 11.6. The van der Waals surface area contributed by atoms with Crippen molar-refractivity contribution >= 4 is 22.0 Å². The minimum atomic E-state index is -3.34. The zero-order chi connectivity index (χ0) is 15.3. The molecular formula is C15H14N2O3S. The van der Waals surface area contributed by atoms with Gasteiger partial charge in [0, 0.05) is 6.07 Å². The van der Waals surface area contributed by atoms with E-state index in [1.807, 2.05) is 0 Å². The first-order chi connectivity index (χ1) is 10.0. The fraction of sp³-hybridized carbons (Fsp3) is 0.0667. The van der Waals surface area contributed by atoms with Crippen LogP contribution in [-0.4, -0.2) is 24.4 Å². The maximum Gasteiger partial charge on any atom is 0.264 e. The van der Waals surface area contributed by atoms with Crippen molar-refractivity contribution in [2.45, 2.75) is 4.90 Å². The Morgan fingerprint density at radius 2 is 2.00 bits per heavy atom. The predicted octanol–water partition coefficient (Wildman–Crippen LogP) is 1.90. The smallest absolute Gasteiger partial charge is 0.264 e. The van der Waals surface area contributed by atoms with Crippen molar-refractivity contribution in [1.29, 1.82) is 0 Å². The molecule has 1 aromatic carbocycles. The van der Waals surface area contributed by atoms with Crippen LogP contribution in [0.2, 0.25) is 0 Å². The molecule has 0 saturated carbocycles. The van der Waals surface area contributed by atoms with Crippen molar-refractivity contribution in [3.63, 3.8) is 0 Å². The molecule has 108 valence electrons. The number of nitrogens with zero attached hydrogens (tertiary/aromatic N) is 1. The molecule has 0 fully saturated rings. The van der Waals surface area contributed by atoms with E-state index in [9.17, 15) is 13.2 Å². The Labute approximate surface area is 122 Å². The Morgan fingerprint density at radius 3 is 2.67 bits per heavy atom. The monoisotopic (exact) mass is 302 g/mol. The molecule has 6 heteroatoms.